The van der Waals surface area contributed by atoms with Gasteiger partial charge in [0.25, 0.3) is 0 Å². The molecule has 0 radical (unpaired) electrons. The lowest BCUT2D eigenvalue weighted by Crippen LogP contribution is -2.32. The number of hydrogen-bond donors (Lipinski definition) is 0. The zero-order valence-electron chi connectivity index (χ0n) is 25.3. The Balaban J connectivity index is 1.26. The van der Waals surface area contributed by atoms with Gasteiger partial charge in [0.15, 0.2) is 0 Å². The molecule has 1 nitrogen and oxygen atoms in total. The first-order chi connectivity index (χ1) is 22.0. The molecular weight excluding hydrogens is 544 g/mol. The Labute approximate surface area is 263 Å². The van der Waals surface area contributed by atoms with Crippen LogP contribution in [0.1, 0.15) is 47.2 Å². The minimum atomic E-state index is -0.499. The maximum absolute atomic E-state index is 6.84. The summed E-state index contributed by atoms with van der Waals surface area (Å²) in [5, 5.41) is 2.41. The van der Waals surface area contributed by atoms with Crippen molar-refractivity contribution in [1.82, 2.24) is 0 Å². The van der Waals surface area contributed by atoms with Crippen LogP contribution >= 0.6 is 0 Å². The van der Waals surface area contributed by atoms with Crippen LogP contribution in [0.25, 0.3) is 44.2 Å². The van der Waals surface area contributed by atoms with Gasteiger partial charge in [0, 0.05) is 16.5 Å². The van der Waals surface area contributed by atoms with Gasteiger partial charge in [-0.3, -0.25) is 0 Å². The van der Waals surface area contributed by atoms with Gasteiger partial charge in [-0.25, -0.2) is 0 Å². The predicted octanol–water partition coefficient (Wildman–Crippen LogP) is 11.3. The Hall–Kier alpha value is -5.40. The molecule has 1 heteroatoms. The Bertz CT molecular complexity index is 2340. The zero-order valence-corrected chi connectivity index (χ0v) is 25.3. The van der Waals surface area contributed by atoms with Gasteiger partial charge in [-0.15, -0.1) is 0 Å². The third kappa shape index (κ3) is 3.13. The molecule has 1 spiro atoms. The Morgan fingerprint density at radius 2 is 0.889 bits per heavy atom. The zero-order chi connectivity index (χ0) is 29.9. The second-order valence-electron chi connectivity index (χ2n) is 13.3. The highest BCUT2D eigenvalue weighted by Crippen LogP contribution is 2.63. The van der Waals surface area contributed by atoms with Crippen LogP contribution in [0.2, 0.25) is 0 Å². The Morgan fingerprint density at radius 1 is 0.378 bits per heavy atom. The Morgan fingerprint density at radius 3 is 1.60 bits per heavy atom. The van der Waals surface area contributed by atoms with Crippen molar-refractivity contribution in [1.29, 1.82) is 0 Å². The summed E-state index contributed by atoms with van der Waals surface area (Å²) in [5.41, 5.74) is 15.0. The smallest absolute Gasteiger partial charge is 0.132 e. The lowest BCUT2D eigenvalue weighted by molar-refractivity contribution is 0.437. The molecule has 2 aliphatic carbocycles. The molecule has 0 atom stereocenters. The summed E-state index contributed by atoms with van der Waals surface area (Å²) in [6, 6.07) is 53.9. The summed E-state index contributed by atoms with van der Waals surface area (Å²) in [7, 11) is 0. The molecule has 0 saturated carbocycles. The summed E-state index contributed by atoms with van der Waals surface area (Å²) in [6.07, 6.45) is 0. The average Bonchev–Trinajstić information content (AvgIpc) is 3.50. The van der Waals surface area contributed by atoms with E-state index in [2.05, 4.69) is 159 Å². The molecule has 45 heavy (non-hydrogen) atoms. The summed E-state index contributed by atoms with van der Waals surface area (Å²) < 4.78 is 6.84. The summed E-state index contributed by atoms with van der Waals surface area (Å²) in [4.78, 5) is 0. The number of rotatable bonds is 1. The topological polar surface area (TPSA) is 9.23 Å². The van der Waals surface area contributed by atoms with Gasteiger partial charge >= 0.3 is 0 Å². The van der Waals surface area contributed by atoms with Crippen LogP contribution in [-0.4, -0.2) is 0 Å². The van der Waals surface area contributed by atoms with Crippen LogP contribution in [0.4, 0.5) is 0 Å². The molecule has 3 aliphatic rings. The molecule has 0 amide bonds. The van der Waals surface area contributed by atoms with Crippen LogP contribution < -0.4 is 4.74 Å². The van der Waals surface area contributed by atoms with Crippen LogP contribution in [0, 0.1) is 0 Å². The van der Waals surface area contributed by atoms with E-state index in [1.165, 1.54) is 77.5 Å². The van der Waals surface area contributed by atoms with Crippen molar-refractivity contribution < 1.29 is 4.74 Å². The van der Waals surface area contributed by atoms with Crippen molar-refractivity contribution in [2.75, 3.05) is 0 Å². The monoisotopic (exact) mass is 574 g/mol. The van der Waals surface area contributed by atoms with Gasteiger partial charge < -0.3 is 4.74 Å². The van der Waals surface area contributed by atoms with E-state index in [1.807, 2.05) is 0 Å². The molecule has 0 saturated heterocycles. The van der Waals surface area contributed by atoms with Crippen molar-refractivity contribution in [3.63, 3.8) is 0 Å². The van der Waals surface area contributed by atoms with Crippen molar-refractivity contribution in [2.45, 2.75) is 24.7 Å². The minimum absolute atomic E-state index is 0.0119. The first-order valence-electron chi connectivity index (χ1n) is 15.8. The van der Waals surface area contributed by atoms with E-state index in [1.54, 1.807) is 0 Å². The molecule has 212 valence electrons. The number of ether oxygens (including phenoxy) is 1. The Kier molecular flexibility index (Phi) is 4.78. The molecule has 1 heterocycles. The van der Waals surface area contributed by atoms with E-state index in [0.29, 0.717) is 0 Å². The predicted molar refractivity (Wildman–Crippen MR) is 184 cm³/mol. The van der Waals surface area contributed by atoms with Gasteiger partial charge in [0.1, 0.15) is 11.5 Å². The lowest BCUT2D eigenvalue weighted by Gasteiger charge is -2.40. The highest BCUT2D eigenvalue weighted by Gasteiger charge is 2.51. The minimum Gasteiger partial charge on any atom is -0.457 e. The largest absolute Gasteiger partial charge is 0.457 e. The van der Waals surface area contributed by atoms with E-state index < -0.39 is 5.41 Å². The van der Waals surface area contributed by atoms with E-state index in [-0.39, 0.29) is 5.41 Å². The molecular formula is C44H30O. The lowest BCUT2D eigenvalue weighted by atomic mass is 9.65. The van der Waals surface area contributed by atoms with Crippen LogP contribution in [-0.2, 0) is 10.8 Å². The van der Waals surface area contributed by atoms with Gasteiger partial charge in [-0.05, 0) is 96.7 Å². The van der Waals surface area contributed by atoms with E-state index in [0.717, 1.165) is 11.5 Å². The second kappa shape index (κ2) is 8.61. The van der Waals surface area contributed by atoms with Crippen LogP contribution in [0.3, 0.4) is 0 Å². The fraction of sp³-hybridized carbons (Fsp3) is 0.0909. The SMILES string of the molecule is CC1(C)c2ccccc2-c2cc(-c3ccc4c(c3)C3(c5cc6ccccc6cc5O4)c4ccccc4-c4ccccc43)ccc21. The molecule has 0 N–H and O–H groups in total. The molecule has 0 fully saturated rings. The summed E-state index contributed by atoms with van der Waals surface area (Å²) >= 11 is 0. The maximum atomic E-state index is 6.84. The van der Waals surface area contributed by atoms with Crippen molar-refractivity contribution in [3.8, 4) is 44.9 Å². The summed E-state index contributed by atoms with van der Waals surface area (Å²) in [5.74, 6) is 1.84. The number of benzene rings is 7. The first kappa shape index (κ1) is 25.0. The average molecular weight is 575 g/mol. The van der Waals surface area contributed by atoms with Crippen molar-refractivity contribution in [2.24, 2.45) is 0 Å². The molecule has 0 unspecified atom stereocenters. The molecule has 1 aliphatic heterocycles. The highest BCUT2D eigenvalue weighted by molar-refractivity contribution is 5.93. The number of fused-ring (bicyclic) bond motifs is 13. The maximum Gasteiger partial charge on any atom is 0.132 e. The van der Waals surface area contributed by atoms with Gasteiger partial charge in [0.2, 0.25) is 0 Å². The third-order valence-corrected chi connectivity index (χ3v) is 10.7. The third-order valence-electron chi connectivity index (χ3n) is 10.7. The number of hydrogen-bond acceptors (Lipinski definition) is 1. The molecule has 7 aromatic rings. The van der Waals surface area contributed by atoms with Gasteiger partial charge in [0.05, 0.1) is 5.41 Å². The quantitative estimate of drug-likeness (QED) is 0.189. The molecule has 7 aromatic carbocycles. The first-order valence-corrected chi connectivity index (χ1v) is 15.8. The van der Waals surface area contributed by atoms with Crippen LogP contribution in [0.15, 0.2) is 146 Å². The fourth-order valence-electron chi connectivity index (χ4n) is 8.67. The van der Waals surface area contributed by atoms with E-state index >= 15 is 0 Å². The van der Waals surface area contributed by atoms with Gasteiger partial charge in [-0.1, -0.05) is 129 Å². The second-order valence-corrected chi connectivity index (χ2v) is 13.3. The fourth-order valence-corrected chi connectivity index (χ4v) is 8.67. The normalized spacial score (nSPS) is 15.4. The van der Waals surface area contributed by atoms with Crippen LogP contribution in [0.5, 0.6) is 11.5 Å². The standard InChI is InChI=1S/C44H30O/c1-43(2)35-16-8-5-15-33(35)34-23-29(19-21-36(34)43)30-20-22-41-39(25-30)44(40-24-27-11-3-4-12-28(27)26-42(40)45-41)37-17-9-6-13-31(37)32-14-7-10-18-38(32)44/h3-26H,1-2H3. The van der Waals surface area contributed by atoms with Crippen molar-refractivity contribution >= 4 is 10.8 Å². The molecule has 0 aromatic heterocycles. The summed E-state index contributed by atoms with van der Waals surface area (Å²) in [6.45, 7) is 4.68. The van der Waals surface area contributed by atoms with E-state index in [9.17, 15) is 0 Å². The molecule has 10 rings (SSSR count). The van der Waals surface area contributed by atoms with Gasteiger partial charge in [-0.2, -0.15) is 0 Å². The molecule has 0 bridgehead atoms. The van der Waals surface area contributed by atoms with Crippen molar-refractivity contribution in [3.05, 3.63) is 179 Å². The van der Waals surface area contributed by atoms with E-state index in [4.69, 9.17) is 4.74 Å². The highest BCUT2D eigenvalue weighted by atomic mass is 16.5.